The zero-order chi connectivity index (χ0) is 25.7. The maximum atomic E-state index is 13.1. The van der Waals surface area contributed by atoms with Crippen LogP contribution in [0, 0.1) is 23.7 Å². The molecule has 2 heterocycles. The lowest BCUT2D eigenvalue weighted by Crippen LogP contribution is -2.63. The van der Waals surface area contributed by atoms with Crippen LogP contribution in [0.2, 0.25) is 0 Å². The van der Waals surface area contributed by atoms with E-state index in [1.54, 1.807) is 26.0 Å². The highest BCUT2D eigenvalue weighted by Crippen LogP contribution is 2.31. The number of nitrogens with one attached hydrogen (secondary N) is 1. The molecule has 9 heteroatoms. The Labute approximate surface area is 202 Å². The molecule has 2 aliphatic heterocycles. The fraction of sp³-hybridized carbons (Fsp3) is 0.800. The van der Waals surface area contributed by atoms with Gasteiger partial charge in [-0.25, -0.2) is 0 Å². The Morgan fingerprint density at radius 1 is 1.15 bits per heavy atom. The normalized spacial score (nSPS) is 43.3. The second-order valence-electron chi connectivity index (χ2n) is 9.92. The molecule has 1 saturated heterocycles. The van der Waals surface area contributed by atoms with Crippen LogP contribution in [0.25, 0.3) is 0 Å². The number of carbonyl (C=O) groups excluding carboxylic acids is 3. The van der Waals surface area contributed by atoms with Gasteiger partial charge < -0.3 is 29.7 Å². The second kappa shape index (κ2) is 12.2. The van der Waals surface area contributed by atoms with Crippen LogP contribution in [0.4, 0.5) is 0 Å². The highest BCUT2D eigenvalue weighted by atomic mass is 16.7. The minimum Gasteiger partial charge on any atom is -0.461 e. The summed E-state index contributed by atoms with van der Waals surface area (Å²) in [6, 6.07) is -0.806. The van der Waals surface area contributed by atoms with Gasteiger partial charge in [0.2, 0.25) is 5.91 Å². The van der Waals surface area contributed by atoms with Crippen molar-refractivity contribution in [3.05, 3.63) is 12.2 Å². The van der Waals surface area contributed by atoms with Crippen LogP contribution in [-0.4, -0.2) is 70.7 Å². The molecule has 0 radical (unpaired) electrons. The second-order valence-corrected chi connectivity index (χ2v) is 9.92. The summed E-state index contributed by atoms with van der Waals surface area (Å²) in [7, 11) is 0. The van der Waals surface area contributed by atoms with Crippen LogP contribution < -0.4 is 5.32 Å². The number of esters is 1. The first-order valence-electron chi connectivity index (χ1n) is 12.2. The monoisotopic (exact) mass is 483 g/mol. The van der Waals surface area contributed by atoms with Crippen molar-refractivity contribution >= 4 is 17.7 Å². The molecule has 194 valence electrons. The average Bonchev–Trinajstić information content (AvgIpc) is 2.78. The summed E-state index contributed by atoms with van der Waals surface area (Å²) in [5.41, 5.74) is 0. The van der Waals surface area contributed by atoms with Gasteiger partial charge in [0.05, 0.1) is 24.2 Å². The summed E-state index contributed by atoms with van der Waals surface area (Å²) in [6.07, 6.45) is -1.37. The summed E-state index contributed by atoms with van der Waals surface area (Å²) in [5.74, 6) is -2.19. The van der Waals surface area contributed by atoms with Crippen molar-refractivity contribution < 1.29 is 38.8 Å². The molecule has 9 nitrogen and oxygen atoms in total. The number of allylic oxidation sites excluding steroid dienone is 1. The van der Waals surface area contributed by atoms with E-state index < -0.39 is 48.6 Å². The predicted octanol–water partition coefficient (Wildman–Crippen LogP) is 1.74. The predicted molar refractivity (Wildman–Crippen MR) is 124 cm³/mol. The third kappa shape index (κ3) is 6.87. The van der Waals surface area contributed by atoms with Crippen molar-refractivity contribution in [2.75, 3.05) is 0 Å². The summed E-state index contributed by atoms with van der Waals surface area (Å²) < 4.78 is 17.7. The lowest BCUT2D eigenvalue weighted by Gasteiger charge is -2.44. The molecule has 11 atom stereocenters. The molecule has 34 heavy (non-hydrogen) atoms. The van der Waals surface area contributed by atoms with E-state index in [-0.39, 0.29) is 35.5 Å². The molecule has 0 unspecified atom stereocenters. The van der Waals surface area contributed by atoms with E-state index in [2.05, 4.69) is 5.32 Å². The Kier molecular flexibility index (Phi) is 10.2. The molecule has 0 bridgehead atoms. The number of amides is 1. The van der Waals surface area contributed by atoms with Crippen molar-refractivity contribution in [2.45, 2.75) is 104 Å². The molecule has 0 saturated carbocycles. The summed E-state index contributed by atoms with van der Waals surface area (Å²) >= 11 is 0. The molecule has 1 amide bonds. The van der Waals surface area contributed by atoms with Crippen molar-refractivity contribution in [3.63, 3.8) is 0 Å². The molecular weight excluding hydrogens is 442 g/mol. The summed E-state index contributed by atoms with van der Waals surface area (Å²) in [5, 5.41) is 23.9. The van der Waals surface area contributed by atoms with E-state index >= 15 is 0 Å². The van der Waals surface area contributed by atoms with Crippen LogP contribution in [0.15, 0.2) is 12.2 Å². The van der Waals surface area contributed by atoms with Crippen LogP contribution in [0.5, 0.6) is 0 Å². The van der Waals surface area contributed by atoms with Crippen LogP contribution in [0.3, 0.4) is 0 Å². The van der Waals surface area contributed by atoms with Crippen molar-refractivity contribution in [1.29, 1.82) is 0 Å². The molecule has 1 fully saturated rings. The molecular formula is C25H41NO8. The number of aliphatic hydroxyl groups is 2. The third-order valence-corrected chi connectivity index (χ3v) is 6.97. The van der Waals surface area contributed by atoms with Crippen LogP contribution in [-0.2, 0) is 28.6 Å². The Morgan fingerprint density at radius 2 is 1.79 bits per heavy atom. The lowest BCUT2D eigenvalue weighted by molar-refractivity contribution is -0.294. The quantitative estimate of drug-likeness (QED) is 0.515. The first-order chi connectivity index (χ1) is 15.9. The zero-order valence-electron chi connectivity index (χ0n) is 21.3. The SMILES string of the molecule is CC[C@H]1OC(=O)[C@H](C)[C@@H](O[C@@H]2O[C@H](C)[C@@H](NC(C)=O)[C@H](O)[C@H]2O)[C@@H](C)C[C@@H](C)C(=O)/C=C/[C@H]1C. The Morgan fingerprint density at radius 3 is 2.38 bits per heavy atom. The van der Waals surface area contributed by atoms with Gasteiger partial charge in [-0.3, -0.25) is 14.4 Å². The van der Waals surface area contributed by atoms with Crippen LogP contribution in [0.1, 0.15) is 61.3 Å². The van der Waals surface area contributed by atoms with Gasteiger partial charge >= 0.3 is 5.97 Å². The number of ketones is 1. The van der Waals surface area contributed by atoms with Gasteiger partial charge in [0.15, 0.2) is 12.1 Å². The minimum atomic E-state index is -1.45. The van der Waals surface area contributed by atoms with Gasteiger partial charge in [-0.15, -0.1) is 0 Å². The fourth-order valence-corrected chi connectivity index (χ4v) is 4.77. The standard InChI is InChI=1S/C25H41NO8/c1-8-19-12(2)9-10-18(28)13(3)11-14(4)23(15(5)24(31)33-19)34-25-22(30)21(29)20(16(6)32-25)26-17(7)27/h9-10,12-16,19-23,25,29-30H,8,11H2,1-7H3,(H,26,27)/b10-9+/t12-,13-,14+,15-,16-,19-,20-,21+,22-,23+,25+/m1/s1. The number of carbonyl (C=O) groups is 3. The molecule has 0 aromatic heterocycles. The Hall–Kier alpha value is -1.81. The largest absolute Gasteiger partial charge is 0.461 e. The molecule has 2 aliphatic rings. The van der Waals surface area contributed by atoms with Crippen molar-refractivity contribution in [1.82, 2.24) is 5.32 Å². The maximum Gasteiger partial charge on any atom is 0.311 e. The average molecular weight is 484 g/mol. The molecule has 0 aromatic rings. The molecule has 0 aromatic carbocycles. The highest BCUT2D eigenvalue weighted by molar-refractivity contribution is 5.91. The number of ether oxygens (including phenoxy) is 3. The van der Waals surface area contributed by atoms with E-state index in [1.165, 1.54) is 6.92 Å². The summed E-state index contributed by atoms with van der Waals surface area (Å²) in [4.78, 5) is 37.2. The van der Waals surface area contributed by atoms with Gasteiger partial charge in [0.25, 0.3) is 0 Å². The molecule has 0 aliphatic carbocycles. The lowest BCUT2D eigenvalue weighted by atomic mass is 9.84. The van der Waals surface area contributed by atoms with E-state index in [0.29, 0.717) is 12.8 Å². The van der Waals surface area contributed by atoms with E-state index in [1.807, 2.05) is 27.7 Å². The van der Waals surface area contributed by atoms with E-state index in [9.17, 15) is 24.6 Å². The fourth-order valence-electron chi connectivity index (χ4n) is 4.77. The van der Waals surface area contributed by atoms with Gasteiger partial charge in [0, 0.05) is 18.8 Å². The van der Waals surface area contributed by atoms with Crippen LogP contribution >= 0.6 is 0 Å². The van der Waals surface area contributed by atoms with Gasteiger partial charge in [-0.2, -0.15) is 0 Å². The van der Waals surface area contributed by atoms with Gasteiger partial charge in [-0.1, -0.05) is 33.8 Å². The first kappa shape index (κ1) is 28.4. The number of rotatable bonds is 4. The molecule has 3 N–H and O–H groups in total. The number of cyclic esters (lactones) is 1. The third-order valence-electron chi connectivity index (χ3n) is 6.97. The van der Waals surface area contributed by atoms with Crippen molar-refractivity contribution in [3.8, 4) is 0 Å². The zero-order valence-corrected chi connectivity index (χ0v) is 21.3. The van der Waals surface area contributed by atoms with E-state index in [4.69, 9.17) is 14.2 Å². The van der Waals surface area contributed by atoms with Gasteiger partial charge in [0.1, 0.15) is 18.3 Å². The highest BCUT2D eigenvalue weighted by Gasteiger charge is 2.46. The van der Waals surface area contributed by atoms with Gasteiger partial charge in [-0.05, 0) is 38.7 Å². The van der Waals surface area contributed by atoms with E-state index in [0.717, 1.165) is 0 Å². The number of hydrogen-bond acceptors (Lipinski definition) is 8. The topological polar surface area (TPSA) is 131 Å². The number of aliphatic hydroxyl groups excluding tert-OH is 2. The smallest absolute Gasteiger partial charge is 0.311 e. The molecule has 2 rings (SSSR count). The number of hydrogen-bond donors (Lipinski definition) is 3. The maximum absolute atomic E-state index is 13.1. The Balaban J connectivity index is 2.30. The molecule has 0 spiro atoms. The first-order valence-corrected chi connectivity index (χ1v) is 12.2. The minimum absolute atomic E-state index is 0.0111. The summed E-state index contributed by atoms with van der Waals surface area (Å²) in [6.45, 7) is 12.2. The van der Waals surface area contributed by atoms with Crippen molar-refractivity contribution in [2.24, 2.45) is 23.7 Å². The Bertz CT molecular complexity index is 755.